The van der Waals surface area contributed by atoms with E-state index in [9.17, 15) is 4.79 Å². The molecule has 1 spiro atoms. The predicted molar refractivity (Wildman–Crippen MR) is 71.0 cm³/mol. The van der Waals surface area contributed by atoms with E-state index in [4.69, 9.17) is 0 Å². The molecule has 17 heavy (non-hydrogen) atoms. The van der Waals surface area contributed by atoms with Crippen molar-refractivity contribution in [2.24, 2.45) is 10.8 Å². The highest BCUT2D eigenvalue weighted by Crippen LogP contribution is 2.46. The van der Waals surface area contributed by atoms with Crippen LogP contribution in [0.15, 0.2) is 0 Å². The van der Waals surface area contributed by atoms with E-state index in [1.54, 1.807) is 0 Å². The van der Waals surface area contributed by atoms with E-state index in [0.717, 1.165) is 13.1 Å². The number of carbonyl (C=O) groups excluding carboxylic acids is 1. The van der Waals surface area contributed by atoms with Crippen LogP contribution in [0.5, 0.6) is 0 Å². The summed E-state index contributed by atoms with van der Waals surface area (Å²) in [6, 6.07) is 0. The lowest BCUT2D eigenvalue weighted by molar-refractivity contribution is -0.128. The van der Waals surface area contributed by atoms with E-state index >= 15 is 0 Å². The fourth-order valence-corrected chi connectivity index (χ4v) is 3.25. The van der Waals surface area contributed by atoms with Gasteiger partial charge in [-0.3, -0.25) is 9.69 Å². The van der Waals surface area contributed by atoms with Crippen LogP contribution in [0.1, 0.15) is 59.3 Å². The smallest absolute Gasteiger partial charge is 0.152 e. The van der Waals surface area contributed by atoms with Crippen LogP contribution in [0.4, 0.5) is 0 Å². The molecule has 0 aromatic heterocycles. The van der Waals surface area contributed by atoms with Gasteiger partial charge in [-0.2, -0.15) is 0 Å². The van der Waals surface area contributed by atoms with Gasteiger partial charge in [0.25, 0.3) is 0 Å². The predicted octanol–water partition coefficient (Wildman–Crippen LogP) is 3.26. The summed E-state index contributed by atoms with van der Waals surface area (Å²) in [6.45, 7) is 9.02. The SMILES string of the molecule is CC(C)(C)C(=O)CN1CCC2(CCCC2)CC1. The molecular formula is C15H27NO. The summed E-state index contributed by atoms with van der Waals surface area (Å²) in [5.41, 5.74) is 0.490. The van der Waals surface area contributed by atoms with E-state index in [2.05, 4.69) is 4.90 Å². The van der Waals surface area contributed by atoms with Crippen molar-refractivity contribution in [3.63, 3.8) is 0 Å². The van der Waals surface area contributed by atoms with Gasteiger partial charge >= 0.3 is 0 Å². The molecule has 0 bridgehead atoms. The summed E-state index contributed by atoms with van der Waals surface area (Å²) in [6.07, 6.45) is 8.39. The normalized spacial score (nSPS) is 25.4. The summed E-state index contributed by atoms with van der Waals surface area (Å²) in [5, 5.41) is 0. The minimum Gasteiger partial charge on any atom is -0.298 e. The zero-order valence-corrected chi connectivity index (χ0v) is 11.7. The van der Waals surface area contributed by atoms with E-state index in [-0.39, 0.29) is 5.41 Å². The van der Waals surface area contributed by atoms with Crippen LogP contribution in [0, 0.1) is 10.8 Å². The quantitative estimate of drug-likeness (QED) is 0.734. The van der Waals surface area contributed by atoms with Crippen LogP contribution in [0.2, 0.25) is 0 Å². The molecule has 0 atom stereocenters. The molecular weight excluding hydrogens is 210 g/mol. The van der Waals surface area contributed by atoms with Gasteiger partial charge < -0.3 is 0 Å². The molecule has 0 radical (unpaired) electrons. The third-order valence-electron chi connectivity index (χ3n) is 4.78. The lowest BCUT2D eigenvalue weighted by Gasteiger charge is -2.39. The van der Waals surface area contributed by atoms with Gasteiger partial charge in [-0.15, -0.1) is 0 Å². The molecule has 0 aromatic carbocycles. The zero-order chi connectivity index (χ0) is 12.5. The third kappa shape index (κ3) is 3.09. The Morgan fingerprint density at radius 2 is 1.59 bits per heavy atom. The first-order chi connectivity index (χ1) is 7.91. The minimum atomic E-state index is -0.178. The third-order valence-corrected chi connectivity index (χ3v) is 4.78. The van der Waals surface area contributed by atoms with Crippen LogP contribution in [-0.4, -0.2) is 30.3 Å². The Morgan fingerprint density at radius 3 is 2.06 bits per heavy atom. The van der Waals surface area contributed by atoms with E-state index < -0.39 is 0 Å². The van der Waals surface area contributed by atoms with E-state index in [1.807, 2.05) is 20.8 Å². The molecule has 0 unspecified atom stereocenters. The maximum Gasteiger partial charge on any atom is 0.152 e. The second kappa shape index (κ2) is 4.72. The van der Waals surface area contributed by atoms with Crippen molar-refractivity contribution in [3.8, 4) is 0 Å². The monoisotopic (exact) mass is 237 g/mol. The number of hydrogen-bond donors (Lipinski definition) is 0. The van der Waals surface area contributed by atoms with Crippen LogP contribution >= 0.6 is 0 Å². The summed E-state index contributed by atoms with van der Waals surface area (Å²) in [5.74, 6) is 0.389. The van der Waals surface area contributed by atoms with Crippen molar-refractivity contribution >= 4 is 5.78 Å². The van der Waals surface area contributed by atoms with E-state index in [0.29, 0.717) is 17.7 Å². The molecule has 1 aliphatic carbocycles. The van der Waals surface area contributed by atoms with Gasteiger partial charge in [-0.1, -0.05) is 33.6 Å². The second-order valence-corrected chi connectivity index (χ2v) is 7.16. The molecule has 2 nitrogen and oxygen atoms in total. The Hall–Kier alpha value is -0.370. The molecule has 1 saturated heterocycles. The van der Waals surface area contributed by atoms with Crippen molar-refractivity contribution < 1.29 is 4.79 Å². The fourth-order valence-electron chi connectivity index (χ4n) is 3.25. The van der Waals surface area contributed by atoms with Crippen LogP contribution < -0.4 is 0 Å². The van der Waals surface area contributed by atoms with Gasteiger partial charge in [0, 0.05) is 5.41 Å². The molecule has 2 aliphatic rings. The number of hydrogen-bond acceptors (Lipinski definition) is 2. The van der Waals surface area contributed by atoms with Crippen molar-refractivity contribution in [3.05, 3.63) is 0 Å². The van der Waals surface area contributed by atoms with Gasteiger partial charge in [0.2, 0.25) is 0 Å². The number of carbonyl (C=O) groups is 1. The molecule has 2 rings (SSSR count). The Labute approximate surface area is 106 Å². The number of nitrogens with zero attached hydrogens (tertiary/aromatic N) is 1. The molecule has 98 valence electrons. The van der Waals surface area contributed by atoms with Crippen LogP contribution in [0.3, 0.4) is 0 Å². The highest BCUT2D eigenvalue weighted by Gasteiger charge is 2.37. The lowest BCUT2D eigenvalue weighted by atomic mass is 9.77. The summed E-state index contributed by atoms with van der Waals surface area (Å²) in [7, 11) is 0. The number of Topliss-reactive ketones (excluding diaryl/α,β-unsaturated/α-hetero) is 1. The Balaban J connectivity index is 1.81. The highest BCUT2D eigenvalue weighted by molar-refractivity contribution is 5.85. The average molecular weight is 237 g/mol. The molecule has 0 amide bonds. The van der Waals surface area contributed by atoms with Crippen LogP contribution in [-0.2, 0) is 4.79 Å². The largest absolute Gasteiger partial charge is 0.298 e. The lowest BCUT2D eigenvalue weighted by Crippen LogP contribution is -2.43. The van der Waals surface area contributed by atoms with Crippen LogP contribution in [0.25, 0.3) is 0 Å². The number of rotatable bonds is 2. The second-order valence-electron chi connectivity index (χ2n) is 7.16. The fraction of sp³-hybridized carbons (Fsp3) is 0.933. The first-order valence-corrected chi connectivity index (χ1v) is 7.17. The van der Waals surface area contributed by atoms with Crippen molar-refractivity contribution in [2.45, 2.75) is 59.3 Å². The molecule has 1 aliphatic heterocycles. The Morgan fingerprint density at radius 1 is 1.06 bits per heavy atom. The molecule has 1 heterocycles. The minimum absolute atomic E-state index is 0.178. The molecule has 0 aromatic rings. The van der Waals surface area contributed by atoms with Gasteiger partial charge in [-0.05, 0) is 44.2 Å². The summed E-state index contributed by atoms with van der Waals surface area (Å²) >= 11 is 0. The molecule has 2 fully saturated rings. The maximum absolute atomic E-state index is 12.0. The number of piperidine rings is 1. The van der Waals surface area contributed by atoms with Crippen molar-refractivity contribution in [2.75, 3.05) is 19.6 Å². The van der Waals surface area contributed by atoms with Gasteiger partial charge in [0.1, 0.15) is 0 Å². The molecule has 1 saturated carbocycles. The molecule has 0 N–H and O–H groups in total. The molecule has 2 heteroatoms. The Bertz CT molecular complexity index is 274. The highest BCUT2D eigenvalue weighted by atomic mass is 16.1. The maximum atomic E-state index is 12.0. The zero-order valence-electron chi connectivity index (χ0n) is 11.7. The van der Waals surface area contributed by atoms with E-state index in [1.165, 1.54) is 38.5 Å². The number of likely N-dealkylation sites (tertiary alicyclic amines) is 1. The van der Waals surface area contributed by atoms with Gasteiger partial charge in [0.05, 0.1) is 6.54 Å². The standard InChI is InChI=1S/C15H27NO/c1-14(2,3)13(17)12-16-10-8-15(9-11-16)6-4-5-7-15/h4-12H2,1-3H3. The van der Waals surface area contributed by atoms with Crippen molar-refractivity contribution in [1.82, 2.24) is 4.90 Å². The average Bonchev–Trinajstić information content (AvgIpc) is 2.69. The van der Waals surface area contributed by atoms with Gasteiger partial charge in [-0.25, -0.2) is 0 Å². The number of ketones is 1. The summed E-state index contributed by atoms with van der Waals surface area (Å²) in [4.78, 5) is 14.4. The first kappa shape index (κ1) is 13.1. The topological polar surface area (TPSA) is 20.3 Å². The van der Waals surface area contributed by atoms with Crippen molar-refractivity contribution in [1.29, 1.82) is 0 Å². The summed E-state index contributed by atoms with van der Waals surface area (Å²) < 4.78 is 0. The Kier molecular flexibility index (Phi) is 3.63. The first-order valence-electron chi connectivity index (χ1n) is 7.17. The van der Waals surface area contributed by atoms with Gasteiger partial charge in [0.15, 0.2) is 5.78 Å².